The van der Waals surface area contributed by atoms with Crippen LogP contribution in [0.3, 0.4) is 0 Å². The molecule has 23 heavy (non-hydrogen) atoms. The summed E-state index contributed by atoms with van der Waals surface area (Å²) >= 11 is 0. The van der Waals surface area contributed by atoms with Crippen LogP contribution >= 0.6 is 0 Å². The summed E-state index contributed by atoms with van der Waals surface area (Å²) in [5, 5.41) is 0.911. The molecule has 1 saturated carbocycles. The third-order valence-corrected chi connectivity index (χ3v) is 5.84. The number of rotatable bonds is 4. The first-order valence-electron chi connectivity index (χ1n) is 8.40. The van der Waals surface area contributed by atoms with Gasteiger partial charge < -0.3 is 9.15 Å². The highest BCUT2D eigenvalue weighted by molar-refractivity contribution is 5.77. The number of allylic oxidation sites excluding steroid dienone is 1. The zero-order valence-corrected chi connectivity index (χ0v) is 13.7. The molecule has 3 aliphatic carbocycles. The Labute approximate surface area is 136 Å². The third kappa shape index (κ3) is 2.48. The van der Waals surface area contributed by atoms with Crippen LogP contribution in [0.25, 0.3) is 11.0 Å². The number of hydrogen-bond acceptors (Lipinski definition) is 3. The Morgan fingerprint density at radius 1 is 1.26 bits per heavy atom. The number of hydrogen-bond donors (Lipinski definition) is 0. The average molecular weight is 310 g/mol. The minimum atomic E-state index is -0.330. The number of benzene rings is 1. The molecule has 5 rings (SSSR count). The Bertz CT molecular complexity index is 828. The predicted octanol–water partition coefficient (Wildman–Crippen LogP) is 4.55. The molecule has 1 aromatic heterocycles. The SMILES string of the molecule is CC1(C)[C@H]2CC=C(CCOc3ccc4ccc(=O)oc4c3)[C@@H]1C2. The molecule has 3 nitrogen and oxygen atoms in total. The van der Waals surface area contributed by atoms with Crippen LogP contribution in [-0.2, 0) is 0 Å². The van der Waals surface area contributed by atoms with Gasteiger partial charge in [0.25, 0.3) is 0 Å². The van der Waals surface area contributed by atoms with Crippen LogP contribution < -0.4 is 10.4 Å². The molecule has 0 amide bonds. The van der Waals surface area contributed by atoms with Gasteiger partial charge in [0.1, 0.15) is 11.3 Å². The van der Waals surface area contributed by atoms with Crippen molar-refractivity contribution in [3.8, 4) is 5.75 Å². The molecule has 3 heteroatoms. The average Bonchev–Trinajstić information content (AvgIpc) is 2.54. The summed E-state index contributed by atoms with van der Waals surface area (Å²) in [5.74, 6) is 2.37. The summed E-state index contributed by atoms with van der Waals surface area (Å²) in [6, 6.07) is 8.86. The van der Waals surface area contributed by atoms with Crippen molar-refractivity contribution >= 4 is 11.0 Å². The van der Waals surface area contributed by atoms with Crippen LogP contribution in [0.4, 0.5) is 0 Å². The Morgan fingerprint density at radius 2 is 2.09 bits per heavy atom. The van der Waals surface area contributed by atoms with E-state index in [2.05, 4.69) is 19.9 Å². The summed E-state index contributed by atoms with van der Waals surface area (Å²) in [6.45, 7) is 5.46. The summed E-state index contributed by atoms with van der Waals surface area (Å²) in [6.07, 6.45) is 5.98. The maximum absolute atomic E-state index is 11.3. The fraction of sp³-hybridized carbons (Fsp3) is 0.450. The fourth-order valence-electron chi connectivity index (χ4n) is 4.17. The topological polar surface area (TPSA) is 39.4 Å². The van der Waals surface area contributed by atoms with Crippen LogP contribution in [-0.4, -0.2) is 6.61 Å². The first-order valence-corrected chi connectivity index (χ1v) is 8.40. The van der Waals surface area contributed by atoms with Crippen molar-refractivity contribution in [2.24, 2.45) is 17.3 Å². The molecule has 0 spiro atoms. The van der Waals surface area contributed by atoms with Gasteiger partial charge in [-0.1, -0.05) is 25.5 Å². The van der Waals surface area contributed by atoms with E-state index in [-0.39, 0.29) is 5.63 Å². The van der Waals surface area contributed by atoms with E-state index >= 15 is 0 Å². The lowest BCUT2D eigenvalue weighted by atomic mass is 9.48. The molecule has 120 valence electrons. The summed E-state index contributed by atoms with van der Waals surface area (Å²) in [5.41, 5.74) is 2.28. The molecule has 0 unspecified atom stereocenters. The van der Waals surface area contributed by atoms with E-state index in [0.717, 1.165) is 29.4 Å². The summed E-state index contributed by atoms with van der Waals surface area (Å²) < 4.78 is 11.1. The normalized spacial score (nSPS) is 24.9. The van der Waals surface area contributed by atoms with Gasteiger partial charge in [-0.25, -0.2) is 4.79 Å². The fourth-order valence-corrected chi connectivity index (χ4v) is 4.17. The van der Waals surface area contributed by atoms with E-state index < -0.39 is 0 Å². The molecule has 1 fully saturated rings. The molecule has 0 saturated heterocycles. The molecule has 1 aromatic carbocycles. The van der Waals surface area contributed by atoms with E-state index in [1.54, 1.807) is 17.7 Å². The smallest absolute Gasteiger partial charge is 0.336 e. The van der Waals surface area contributed by atoms with Crippen LogP contribution in [0.15, 0.2) is 51.2 Å². The van der Waals surface area contributed by atoms with Gasteiger partial charge in [-0.05, 0) is 48.3 Å². The standard InChI is InChI=1S/C20H22O3/c1-20(2)15-6-3-13(17(20)11-15)9-10-22-16-7-4-14-5-8-19(21)23-18(14)12-16/h3-5,7-8,12,15,17H,6,9-11H2,1-2H3/t15-,17-/m0/s1. The van der Waals surface area contributed by atoms with Crippen molar-refractivity contribution in [1.82, 2.24) is 0 Å². The molecule has 1 heterocycles. The van der Waals surface area contributed by atoms with Gasteiger partial charge in [-0.2, -0.15) is 0 Å². The van der Waals surface area contributed by atoms with Crippen molar-refractivity contribution in [2.45, 2.75) is 33.1 Å². The zero-order chi connectivity index (χ0) is 16.0. The molecular formula is C20H22O3. The minimum Gasteiger partial charge on any atom is -0.493 e. The van der Waals surface area contributed by atoms with Crippen LogP contribution in [0.5, 0.6) is 5.75 Å². The van der Waals surface area contributed by atoms with Crippen molar-refractivity contribution < 1.29 is 9.15 Å². The molecule has 2 bridgehead atoms. The Morgan fingerprint density at radius 3 is 2.87 bits per heavy atom. The highest BCUT2D eigenvalue weighted by Gasteiger charge is 2.50. The lowest BCUT2D eigenvalue weighted by Gasteiger charge is -2.56. The summed E-state index contributed by atoms with van der Waals surface area (Å²) in [7, 11) is 0. The zero-order valence-electron chi connectivity index (χ0n) is 13.7. The first kappa shape index (κ1) is 14.6. The maximum atomic E-state index is 11.3. The largest absolute Gasteiger partial charge is 0.493 e. The van der Waals surface area contributed by atoms with E-state index in [0.29, 0.717) is 17.6 Å². The van der Waals surface area contributed by atoms with Gasteiger partial charge in [-0.3, -0.25) is 0 Å². The first-order chi connectivity index (χ1) is 11.0. The molecule has 0 aliphatic heterocycles. The molecule has 3 aliphatic rings. The molecule has 2 aromatic rings. The third-order valence-electron chi connectivity index (χ3n) is 5.84. The molecule has 2 atom stereocenters. The van der Waals surface area contributed by atoms with E-state index in [9.17, 15) is 4.79 Å². The predicted molar refractivity (Wildman–Crippen MR) is 90.7 cm³/mol. The highest BCUT2D eigenvalue weighted by Crippen LogP contribution is 2.59. The summed E-state index contributed by atoms with van der Waals surface area (Å²) in [4.78, 5) is 11.3. The van der Waals surface area contributed by atoms with Crippen LogP contribution in [0.1, 0.15) is 33.1 Å². The highest BCUT2D eigenvalue weighted by atomic mass is 16.5. The number of fused-ring (bicyclic) bond motifs is 2. The molecular weight excluding hydrogens is 288 g/mol. The van der Waals surface area contributed by atoms with E-state index in [1.165, 1.54) is 18.9 Å². The van der Waals surface area contributed by atoms with Gasteiger partial charge >= 0.3 is 5.63 Å². The van der Waals surface area contributed by atoms with Crippen molar-refractivity contribution in [1.29, 1.82) is 0 Å². The lowest BCUT2D eigenvalue weighted by Crippen LogP contribution is -2.48. The quantitative estimate of drug-likeness (QED) is 0.614. The van der Waals surface area contributed by atoms with Crippen molar-refractivity contribution in [3.63, 3.8) is 0 Å². The van der Waals surface area contributed by atoms with Crippen LogP contribution in [0, 0.1) is 17.3 Å². The van der Waals surface area contributed by atoms with Gasteiger partial charge in [-0.15, -0.1) is 0 Å². The molecule has 0 N–H and O–H groups in total. The van der Waals surface area contributed by atoms with Gasteiger partial charge in [0.05, 0.1) is 6.61 Å². The monoisotopic (exact) mass is 310 g/mol. The van der Waals surface area contributed by atoms with Gasteiger partial charge in [0.15, 0.2) is 0 Å². The Balaban J connectivity index is 1.42. The number of ether oxygens (including phenoxy) is 1. The van der Waals surface area contributed by atoms with Gasteiger partial charge in [0, 0.05) is 23.9 Å². The van der Waals surface area contributed by atoms with Crippen molar-refractivity contribution in [3.05, 3.63) is 52.4 Å². The van der Waals surface area contributed by atoms with Crippen LogP contribution in [0.2, 0.25) is 0 Å². The van der Waals surface area contributed by atoms with E-state index in [1.807, 2.05) is 12.1 Å². The minimum absolute atomic E-state index is 0.330. The second-order valence-corrected chi connectivity index (χ2v) is 7.37. The second kappa shape index (κ2) is 5.26. The lowest BCUT2D eigenvalue weighted by molar-refractivity contribution is -0.00917. The Kier molecular flexibility index (Phi) is 3.33. The Hall–Kier alpha value is -2.03. The van der Waals surface area contributed by atoms with Crippen molar-refractivity contribution in [2.75, 3.05) is 6.61 Å². The second-order valence-electron chi connectivity index (χ2n) is 7.37. The van der Waals surface area contributed by atoms with Gasteiger partial charge in [0.2, 0.25) is 0 Å². The molecule has 0 radical (unpaired) electrons. The maximum Gasteiger partial charge on any atom is 0.336 e. The van der Waals surface area contributed by atoms with E-state index in [4.69, 9.17) is 9.15 Å².